The van der Waals surface area contributed by atoms with Gasteiger partial charge in [0.1, 0.15) is 23.5 Å². The highest BCUT2D eigenvalue weighted by Gasteiger charge is 2.23. The topological polar surface area (TPSA) is 76.1 Å². The molecule has 0 fully saturated rings. The molecule has 0 bridgehead atoms. The van der Waals surface area contributed by atoms with Gasteiger partial charge in [0.15, 0.2) is 0 Å². The highest BCUT2D eigenvalue weighted by Crippen LogP contribution is 2.15. The Bertz CT molecular complexity index is 449. The van der Waals surface area contributed by atoms with Crippen molar-refractivity contribution < 1.29 is 9.53 Å². The van der Waals surface area contributed by atoms with Crippen LogP contribution in [0.3, 0.4) is 0 Å². The van der Waals surface area contributed by atoms with Crippen LogP contribution in [0.25, 0.3) is 0 Å². The molecule has 20 heavy (non-hydrogen) atoms. The zero-order valence-electron chi connectivity index (χ0n) is 12.9. The smallest absolute Gasteiger partial charge is 0.328 e. The van der Waals surface area contributed by atoms with Crippen LogP contribution in [0.2, 0.25) is 0 Å². The summed E-state index contributed by atoms with van der Waals surface area (Å²) < 4.78 is 4.81. The summed E-state index contributed by atoms with van der Waals surface area (Å²) in [5.41, 5.74) is 0. The summed E-state index contributed by atoms with van der Waals surface area (Å²) in [6, 6.07) is 1.38. The second-order valence-electron chi connectivity index (χ2n) is 5.00. The minimum atomic E-state index is -0.423. The molecule has 0 aromatic carbocycles. The lowest BCUT2D eigenvalue weighted by atomic mass is 10.0. The molecule has 112 valence electrons. The highest BCUT2D eigenvalue weighted by atomic mass is 16.5. The van der Waals surface area contributed by atoms with Gasteiger partial charge in [-0.25, -0.2) is 14.8 Å². The first-order valence-corrected chi connectivity index (χ1v) is 6.91. The van der Waals surface area contributed by atoms with E-state index in [0.29, 0.717) is 11.6 Å². The van der Waals surface area contributed by atoms with E-state index in [2.05, 4.69) is 27.5 Å². The molecule has 0 saturated heterocycles. The SMILES string of the molecule is CCCNc1cc(NC(C(=O)OC)C(C)C)nc(C)n1. The zero-order valence-corrected chi connectivity index (χ0v) is 12.9. The minimum absolute atomic E-state index is 0.102. The van der Waals surface area contributed by atoms with E-state index in [9.17, 15) is 4.79 Å². The Morgan fingerprint density at radius 1 is 1.35 bits per heavy atom. The van der Waals surface area contributed by atoms with E-state index in [-0.39, 0.29) is 11.9 Å². The fourth-order valence-electron chi connectivity index (χ4n) is 1.77. The molecule has 0 saturated carbocycles. The van der Waals surface area contributed by atoms with Crippen molar-refractivity contribution >= 4 is 17.6 Å². The van der Waals surface area contributed by atoms with Crippen molar-refractivity contribution in [3.05, 3.63) is 11.9 Å². The van der Waals surface area contributed by atoms with Gasteiger partial charge in [-0.2, -0.15) is 0 Å². The summed E-state index contributed by atoms with van der Waals surface area (Å²) in [6.07, 6.45) is 1.02. The van der Waals surface area contributed by atoms with Crippen molar-refractivity contribution in [1.82, 2.24) is 9.97 Å². The van der Waals surface area contributed by atoms with Gasteiger partial charge >= 0.3 is 5.97 Å². The number of methoxy groups -OCH3 is 1. The number of anilines is 2. The monoisotopic (exact) mass is 280 g/mol. The number of aromatic nitrogens is 2. The maximum Gasteiger partial charge on any atom is 0.328 e. The normalized spacial score (nSPS) is 12.1. The predicted molar refractivity (Wildman–Crippen MR) is 79.8 cm³/mol. The Morgan fingerprint density at radius 2 is 2.00 bits per heavy atom. The third kappa shape index (κ3) is 4.68. The number of ether oxygens (including phenoxy) is 1. The Labute approximate surface area is 120 Å². The molecule has 1 heterocycles. The van der Waals surface area contributed by atoms with Gasteiger partial charge in [0, 0.05) is 12.6 Å². The average Bonchev–Trinajstić information content (AvgIpc) is 2.40. The third-order valence-corrected chi connectivity index (χ3v) is 2.82. The number of aryl methyl sites for hydroxylation is 1. The molecule has 6 nitrogen and oxygen atoms in total. The molecule has 0 spiro atoms. The van der Waals surface area contributed by atoms with Crippen LogP contribution in [-0.2, 0) is 9.53 Å². The summed E-state index contributed by atoms with van der Waals surface area (Å²) in [5, 5.41) is 6.34. The van der Waals surface area contributed by atoms with Crippen molar-refractivity contribution in [2.75, 3.05) is 24.3 Å². The molecule has 1 aromatic heterocycles. The quantitative estimate of drug-likeness (QED) is 0.746. The number of rotatable bonds is 7. The van der Waals surface area contributed by atoms with E-state index in [4.69, 9.17) is 4.74 Å². The Balaban J connectivity index is 2.89. The van der Waals surface area contributed by atoms with E-state index in [1.54, 1.807) is 6.07 Å². The van der Waals surface area contributed by atoms with Crippen LogP contribution < -0.4 is 10.6 Å². The molecule has 1 rings (SSSR count). The van der Waals surface area contributed by atoms with Crippen LogP contribution in [0.5, 0.6) is 0 Å². The molecule has 2 N–H and O–H groups in total. The number of nitrogens with zero attached hydrogens (tertiary/aromatic N) is 2. The first-order valence-electron chi connectivity index (χ1n) is 6.91. The zero-order chi connectivity index (χ0) is 15.1. The van der Waals surface area contributed by atoms with Crippen LogP contribution in [0.1, 0.15) is 33.0 Å². The summed E-state index contributed by atoms with van der Waals surface area (Å²) >= 11 is 0. The van der Waals surface area contributed by atoms with Gasteiger partial charge in [-0.15, -0.1) is 0 Å². The molecule has 1 aromatic rings. The summed E-state index contributed by atoms with van der Waals surface area (Å²) in [6.45, 7) is 8.68. The number of carbonyl (C=O) groups is 1. The van der Waals surface area contributed by atoms with E-state index >= 15 is 0 Å². The van der Waals surface area contributed by atoms with Crippen molar-refractivity contribution in [1.29, 1.82) is 0 Å². The van der Waals surface area contributed by atoms with Crippen molar-refractivity contribution in [2.45, 2.75) is 40.2 Å². The molecule has 0 aliphatic carbocycles. The average molecular weight is 280 g/mol. The maximum absolute atomic E-state index is 11.8. The van der Waals surface area contributed by atoms with Gasteiger partial charge in [-0.1, -0.05) is 20.8 Å². The van der Waals surface area contributed by atoms with Gasteiger partial charge < -0.3 is 15.4 Å². The van der Waals surface area contributed by atoms with Crippen LogP contribution in [0, 0.1) is 12.8 Å². The summed E-state index contributed by atoms with van der Waals surface area (Å²) in [4.78, 5) is 20.4. The lowest BCUT2D eigenvalue weighted by molar-refractivity contribution is -0.142. The molecule has 0 aliphatic heterocycles. The maximum atomic E-state index is 11.8. The van der Waals surface area contributed by atoms with Gasteiger partial charge in [0.05, 0.1) is 7.11 Å². The Hall–Kier alpha value is -1.85. The lowest BCUT2D eigenvalue weighted by Crippen LogP contribution is -2.35. The predicted octanol–water partition coefficient (Wildman–Crippen LogP) is 2.22. The van der Waals surface area contributed by atoms with Crippen molar-refractivity contribution in [3.63, 3.8) is 0 Å². The first-order chi connectivity index (χ1) is 9.47. The Morgan fingerprint density at radius 3 is 2.55 bits per heavy atom. The van der Waals surface area contributed by atoms with E-state index < -0.39 is 6.04 Å². The van der Waals surface area contributed by atoms with E-state index in [1.165, 1.54) is 7.11 Å². The van der Waals surface area contributed by atoms with Gasteiger partial charge in [-0.3, -0.25) is 0 Å². The molecule has 1 unspecified atom stereocenters. The summed E-state index contributed by atoms with van der Waals surface area (Å²) in [5.74, 6) is 1.85. The van der Waals surface area contributed by atoms with Gasteiger partial charge in [0.2, 0.25) is 0 Å². The fraction of sp³-hybridized carbons (Fsp3) is 0.643. The largest absolute Gasteiger partial charge is 0.467 e. The number of carbonyl (C=O) groups excluding carboxylic acids is 1. The highest BCUT2D eigenvalue weighted by molar-refractivity contribution is 5.79. The molecule has 0 aliphatic rings. The number of hydrogen-bond donors (Lipinski definition) is 2. The van der Waals surface area contributed by atoms with Gasteiger partial charge in [-0.05, 0) is 19.3 Å². The minimum Gasteiger partial charge on any atom is -0.467 e. The molecule has 1 atom stereocenters. The van der Waals surface area contributed by atoms with Crippen LogP contribution in [0.4, 0.5) is 11.6 Å². The standard InChI is InChI=1S/C14H24N4O2/c1-6-7-15-11-8-12(17-10(4)16-11)18-13(9(2)3)14(19)20-5/h8-9,13H,6-7H2,1-5H3,(H2,15,16,17,18). The second-order valence-corrected chi connectivity index (χ2v) is 5.00. The number of esters is 1. The van der Waals surface area contributed by atoms with E-state index in [1.807, 2.05) is 20.8 Å². The summed E-state index contributed by atoms with van der Waals surface area (Å²) in [7, 11) is 1.39. The lowest BCUT2D eigenvalue weighted by Gasteiger charge is -2.20. The second kappa shape index (κ2) is 7.67. The fourth-order valence-corrected chi connectivity index (χ4v) is 1.77. The van der Waals surface area contributed by atoms with Crippen molar-refractivity contribution in [3.8, 4) is 0 Å². The van der Waals surface area contributed by atoms with Crippen LogP contribution >= 0.6 is 0 Å². The molecule has 0 radical (unpaired) electrons. The van der Waals surface area contributed by atoms with E-state index in [0.717, 1.165) is 18.8 Å². The van der Waals surface area contributed by atoms with Gasteiger partial charge in [0.25, 0.3) is 0 Å². The number of nitrogens with one attached hydrogen (secondary N) is 2. The Kier molecular flexibility index (Phi) is 6.21. The van der Waals surface area contributed by atoms with Crippen LogP contribution in [-0.4, -0.2) is 35.6 Å². The van der Waals surface area contributed by atoms with Crippen molar-refractivity contribution in [2.24, 2.45) is 5.92 Å². The molecule has 0 amide bonds. The molecular formula is C14H24N4O2. The first kappa shape index (κ1) is 16.2. The molecular weight excluding hydrogens is 256 g/mol. The molecule has 6 heteroatoms. The van der Waals surface area contributed by atoms with Crippen LogP contribution in [0.15, 0.2) is 6.07 Å². The third-order valence-electron chi connectivity index (χ3n) is 2.82. The number of hydrogen-bond acceptors (Lipinski definition) is 6.